The number of rotatable bonds is 7. The summed E-state index contributed by atoms with van der Waals surface area (Å²) >= 11 is 6.47. The largest absolute Gasteiger partial charge is 0.449 e. The fourth-order valence-electron chi connectivity index (χ4n) is 3.22. The molecule has 1 amide bonds. The Morgan fingerprint density at radius 1 is 1.16 bits per heavy atom. The summed E-state index contributed by atoms with van der Waals surface area (Å²) in [7, 11) is 0. The second kappa shape index (κ2) is 10.3. The van der Waals surface area contributed by atoms with Gasteiger partial charge < -0.3 is 10.1 Å². The Labute approximate surface area is 192 Å². The van der Waals surface area contributed by atoms with Gasteiger partial charge in [0.25, 0.3) is 5.91 Å². The number of nitrogens with one attached hydrogen (secondary N) is 1. The van der Waals surface area contributed by atoms with Crippen LogP contribution >= 0.6 is 11.6 Å². The van der Waals surface area contributed by atoms with Crippen molar-refractivity contribution >= 4 is 35.2 Å². The molecule has 1 atom stereocenters. The lowest BCUT2D eigenvalue weighted by Gasteiger charge is -2.14. The SMILES string of the molecule is Cc1ccc(NC(=O)C(C)OC(=O)/C=C/c2c(C)nn(Cc3ccccc3)c2Cl)c(C)c1. The van der Waals surface area contributed by atoms with E-state index in [9.17, 15) is 9.59 Å². The Kier molecular flexibility index (Phi) is 7.49. The molecular weight excluding hydrogens is 426 g/mol. The molecule has 0 aliphatic carbocycles. The van der Waals surface area contributed by atoms with E-state index in [0.717, 1.165) is 16.7 Å². The minimum atomic E-state index is -0.953. The van der Waals surface area contributed by atoms with E-state index in [4.69, 9.17) is 16.3 Å². The third-order valence-corrected chi connectivity index (χ3v) is 5.37. The van der Waals surface area contributed by atoms with Gasteiger partial charge in [0.2, 0.25) is 0 Å². The lowest BCUT2D eigenvalue weighted by Crippen LogP contribution is -2.29. The van der Waals surface area contributed by atoms with Crippen molar-refractivity contribution in [2.24, 2.45) is 0 Å². The predicted octanol–water partition coefficient (Wildman–Crippen LogP) is 5.09. The number of hydrogen-bond donors (Lipinski definition) is 1. The Hall–Kier alpha value is -3.38. The van der Waals surface area contributed by atoms with Crippen LogP contribution < -0.4 is 5.32 Å². The van der Waals surface area contributed by atoms with Gasteiger partial charge in [0.15, 0.2) is 6.10 Å². The van der Waals surface area contributed by atoms with E-state index in [1.54, 1.807) is 10.8 Å². The molecule has 0 spiro atoms. The number of anilines is 1. The first-order valence-corrected chi connectivity index (χ1v) is 10.7. The van der Waals surface area contributed by atoms with Crippen molar-refractivity contribution in [3.05, 3.63) is 87.7 Å². The first-order valence-electron chi connectivity index (χ1n) is 10.3. The molecule has 1 aromatic heterocycles. The van der Waals surface area contributed by atoms with Gasteiger partial charge in [-0.3, -0.25) is 4.79 Å². The van der Waals surface area contributed by atoms with Gasteiger partial charge in [-0.1, -0.05) is 59.6 Å². The van der Waals surface area contributed by atoms with Crippen LogP contribution in [0.4, 0.5) is 5.69 Å². The number of ether oxygens (including phenoxy) is 1. The molecular formula is C25H26ClN3O3. The van der Waals surface area contributed by atoms with Crippen LogP contribution in [0.3, 0.4) is 0 Å². The number of nitrogens with zero attached hydrogens (tertiary/aromatic N) is 2. The first-order chi connectivity index (χ1) is 15.2. The number of benzene rings is 2. The summed E-state index contributed by atoms with van der Waals surface area (Å²) in [6.07, 6.45) is 1.86. The average molecular weight is 452 g/mol. The van der Waals surface area contributed by atoms with Gasteiger partial charge >= 0.3 is 5.97 Å². The molecule has 1 N–H and O–H groups in total. The zero-order valence-corrected chi connectivity index (χ0v) is 19.3. The van der Waals surface area contributed by atoms with E-state index in [2.05, 4.69) is 10.4 Å². The molecule has 3 rings (SSSR count). The molecule has 0 radical (unpaired) electrons. The summed E-state index contributed by atoms with van der Waals surface area (Å²) < 4.78 is 6.92. The highest BCUT2D eigenvalue weighted by molar-refractivity contribution is 6.31. The molecule has 6 nitrogen and oxygen atoms in total. The number of halogens is 1. The highest BCUT2D eigenvalue weighted by Gasteiger charge is 2.18. The molecule has 0 fully saturated rings. The second-order valence-electron chi connectivity index (χ2n) is 7.65. The number of aryl methyl sites for hydroxylation is 3. The summed E-state index contributed by atoms with van der Waals surface area (Å²) in [4.78, 5) is 24.7. The topological polar surface area (TPSA) is 73.2 Å². The normalized spacial score (nSPS) is 12.0. The molecule has 1 unspecified atom stereocenters. The zero-order valence-electron chi connectivity index (χ0n) is 18.6. The highest BCUT2D eigenvalue weighted by Crippen LogP contribution is 2.22. The lowest BCUT2D eigenvalue weighted by atomic mass is 10.1. The maximum absolute atomic E-state index is 12.4. The quantitative estimate of drug-likeness (QED) is 0.401. The Bertz CT molecular complexity index is 1150. The van der Waals surface area contributed by atoms with E-state index in [-0.39, 0.29) is 0 Å². The van der Waals surface area contributed by atoms with Crippen molar-refractivity contribution in [1.29, 1.82) is 0 Å². The average Bonchev–Trinajstić information content (AvgIpc) is 3.01. The Balaban J connectivity index is 1.61. The number of amides is 1. The van der Waals surface area contributed by atoms with Crippen LogP contribution in [0.5, 0.6) is 0 Å². The van der Waals surface area contributed by atoms with E-state index < -0.39 is 18.0 Å². The van der Waals surface area contributed by atoms with Gasteiger partial charge in [0.1, 0.15) is 5.15 Å². The van der Waals surface area contributed by atoms with Crippen molar-refractivity contribution in [2.75, 3.05) is 5.32 Å². The van der Waals surface area contributed by atoms with Crippen LogP contribution in [-0.4, -0.2) is 27.8 Å². The molecule has 0 saturated heterocycles. The minimum absolute atomic E-state index is 0.399. The minimum Gasteiger partial charge on any atom is -0.449 e. The highest BCUT2D eigenvalue weighted by atomic mass is 35.5. The molecule has 7 heteroatoms. The van der Waals surface area contributed by atoms with E-state index >= 15 is 0 Å². The van der Waals surface area contributed by atoms with Crippen LogP contribution in [-0.2, 0) is 20.9 Å². The second-order valence-corrected chi connectivity index (χ2v) is 8.01. The molecule has 0 bridgehead atoms. The van der Waals surface area contributed by atoms with Crippen LogP contribution in [0, 0.1) is 20.8 Å². The van der Waals surface area contributed by atoms with Gasteiger partial charge in [0.05, 0.1) is 12.2 Å². The van der Waals surface area contributed by atoms with Gasteiger partial charge in [0, 0.05) is 17.3 Å². The smallest absolute Gasteiger partial charge is 0.331 e. The van der Waals surface area contributed by atoms with Crippen molar-refractivity contribution in [3.63, 3.8) is 0 Å². The Morgan fingerprint density at radius 3 is 2.56 bits per heavy atom. The van der Waals surface area contributed by atoms with Crippen LogP contribution in [0.25, 0.3) is 6.08 Å². The van der Waals surface area contributed by atoms with Crippen LogP contribution in [0.15, 0.2) is 54.6 Å². The molecule has 32 heavy (non-hydrogen) atoms. The number of hydrogen-bond acceptors (Lipinski definition) is 4. The molecule has 0 aliphatic heterocycles. The summed E-state index contributed by atoms with van der Waals surface area (Å²) in [5, 5.41) is 7.66. The fourth-order valence-corrected chi connectivity index (χ4v) is 3.52. The molecule has 3 aromatic rings. The van der Waals surface area contributed by atoms with Gasteiger partial charge in [-0.2, -0.15) is 5.10 Å². The van der Waals surface area contributed by atoms with Crippen LogP contribution in [0.1, 0.15) is 34.9 Å². The monoisotopic (exact) mass is 451 g/mol. The summed E-state index contributed by atoms with van der Waals surface area (Å²) in [6, 6.07) is 15.5. The van der Waals surface area contributed by atoms with Crippen molar-refractivity contribution < 1.29 is 14.3 Å². The van der Waals surface area contributed by atoms with E-state index in [1.165, 1.54) is 13.0 Å². The number of carbonyl (C=O) groups is 2. The van der Waals surface area contributed by atoms with E-state index in [0.29, 0.717) is 28.6 Å². The maximum Gasteiger partial charge on any atom is 0.331 e. The number of carbonyl (C=O) groups excluding carboxylic acids is 2. The molecule has 2 aromatic carbocycles. The van der Waals surface area contributed by atoms with Crippen LogP contribution in [0.2, 0.25) is 5.15 Å². The zero-order chi connectivity index (χ0) is 23.3. The lowest BCUT2D eigenvalue weighted by molar-refractivity contribution is -0.148. The third-order valence-electron chi connectivity index (χ3n) is 4.97. The first kappa shape index (κ1) is 23.3. The molecule has 0 saturated carbocycles. The molecule has 1 heterocycles. The summed E-state index contributed by atoms with van der Waals surface area (Å²) in [6.45, 7) is 7.76. The van der Waals surface area contributed by atoms with E-state index in [1.807, 2.05) is 69.3 Å². The Morgan fingerprint density at radius 2 is 1.88 bits per heavy atom. The predicted molar refractivity (Wildman–Crippen MR) is 127 cm³/mol. The molecule has 166 valence electrons. The van der Waals surface area contributed by atoms with Gasteiger partial charge in [-0.15, -0.1) is 0 Å². The number of aromatic nitrogens is 2. The standard InChI is InChI=1S/C25H26ClN3O3/c1-16-10-12-22(17(2)14-16)27-25(31)19(4)32-23(30)13-11-21-18(3)28-29(24(21)26)15-20-8-6-5-7-9-20/h5-14,19H,15H2,1-4H3,(H,27,31)/b13-11+. The van der Waals surface area contributed by atoms with Crippen molar-refractivity contribution in [1.82, 2.24) is 9.78 Å². The van der Waals surface area contributed by atoms with Gasteiger partial charge in [-0.05, 0) is 51.0 Å². The fraction of sp³-hybridized carbons (Fsp3) is 0.240. The summed E-state index contributed by atoms with van der Waals surface area (Å²) in [5.41, 5.74) is 5.12. The van der Waals surface area contributed by atoms with Crippen molar-refractivity contribution in [2.45, 2.75) is 40.3 Å². The number of esters is 1. The summed E-state index contributed by atoms with van der Waals surface area (Å²) in [5.74, 6) is -1.04. The van der Waals surface area contributed by atoms with Gasteiger partial charge in [-0.25, -0.2) is 9.48 Å². The van der Waals surface area contributed by atoms with Crippen molar-refractivity contribution in [3.8, 4) is 0 Å². The third kappa shape index (κ3) is 5.86. The maximum atomic E-state index is 12.4. The molecule has 0 aliphatic rings.